The molecule has 178 valence electrons. The van der Waals surface area contributed by atoms with Crippen molar-refractivity contribution in [3.63, 3.8) is 0 Å². The Labute approximate surface area is 203 Å². The van der Waals surface area contributed by atoms with Gasteiger partial charge >= 0.3 is 5.97 Å². The number of pyridine rings is 1. The minimum Gasteiger partial charge on any atom is -0.481 e. The van der Waals surface area contributed by atoms with Crippen LogP contribution in [0.25, 0.3) is 22.5 Å². The van der Waals surface area contributed by atoms with E-state index in [4.69, 9.17) is 9.26 Å². The lowest BCUT2D eigenvalue weighted by Crippen LogP contribution is -2.19. The molecular formula is C28H27N3O4. The van der Waals surface area contributed by atoms with Crippen LogP contribution >= 0.6 is 0 Å². The highest BCUT2D eigenvalue weighted by Gasteiger charge is 2.51. The number of carboxylic acids is 1. The molecule has 2 aromatic carbocycles. The summed E-state index contributed by atoms with van der Waals surface area (Å²) in [5, 5.41) is 17.0. The van der Waals surface area contributed by atoms with Gasteiger partial charge in [-0.2, -0.15) is 4.98 Å². The molecule has 0 bridgehead atoms. The molecule has 2 N–H and O–H groups in total. The molecule has 0 atom stereocenters. The van der Waals surface area contributed by atoms with Gasteiger partial charge in [-0.25, -0.2) is 0 Å². The molecule has 0 spiro atoms. The average Bonchev–Trinajstić information content (AvgIpc) is 3.63. The van der Waals surface area contributed by atoms with E-state index in [0.717, 1.165) is 40.1 Å². The van der Waals surface area contributed by atoms with Crippen LogP contribution in [0.1, 0.15) is 37.4 Å². The highest BCUT2D eigenvalue weighted by Crippen LogP contribution is 2.48. The topological polar surface area (TPSA) is 97.5 Å². The Morgan fingerprint density at radius 1 is 1.03 bits per heavy atom. The van der Waals surface area contributed by atoms with Gasteiger partial charge in [-0.05, 0) is 48.9 Å². The molecule has 1 aliphatic rings. The van der Waals surface area contributed by atoms with E-state index in [9.17, 15) is 9.90 Å². The monoisotopic (exact) mass is 469 g/mol. The van der Waals surface area contributed by atoms with Gasteiger partial charge < -0.3 is 19.7 Å². The molecule has 1 saturated carbocycles. The van der Waals surface area contributed by atoms with Gasteiger partial charge in [0.05, 0.1) is 12.0 Å². The summed E-state index contributed by atoms with van der Waals surface area (Å²) in [5.41, 5.74) is 4.62. The molecule has 0 radical (unpaired) electrons. The first kappa shape index (κ1) is 22.7. The lowest BCUT2D eigenvalue weighted by atomic mass is 9.93. The molecule has 35 heavy (non-hydrogen) atoms. The van der Waals surface area contributed by atoms with Crippen LogP contribution in [0.4, 0.5) is 11.5 Å². The molecule has 7 nitrogen and oxygen atoms in total. The number of benzene rings is 2. The van der Waals surface area contributed by atoms with E-state index in [2.05, 4.69) is 22.4 Å². The normalized spacial score (nSPS) is 13.9. The SMILES string of the molecule is CCCOc1cccc(Nc2c(C)noc2-c2ccc(-c3ccc(C4(C(=O)O)CC4)cc3)cc2)n1. The largest absolute Gasteiger partial charge is 0.481 e. The summed E-state index contributed by atoms with van der Waals surface area (Å²) in [6.07, 6.45) is 2.32. The van der Waals surface area contributed by atoms with E-state index in [1.165, 1.54) is 0 Å². The Morgan fingerprint density at radius 3 is 2.31 bits per heavy atom. The van der Waals surface area contributed by atoms with Crippen LogP contribution in [0, 0.1) is 6.92 Å². The van der Waals surface area contributed by atoms with E-state index < -0.39 is 11.4 Å². The van der Waals surface area contributed by atoms with Gasteiger partial charge in [0.25, 0.3) is 0 Å². The maximum absolute atomic E-state index is 11.6. The van der Waals surface area contributed by atoms with Gasteiger partial charge in [0.1, 0.15) is 17.2 Å². The number of ether oxygens (including phenoxy) is 1. The molecule has 0 aliphatic heterocycles. The first-order valence-corrected chi connectivity index (χ1v) is 11.8. The summed E-state index contributed by atoms with van der Waals surface area (Å²) in [7, 11) is 0. The zero-order chi connectivity index (χ0) is 24.4. The van der Waals surface area contributed by atoms with Crippen molar-refractivity contribution in [3.8, 4) is 28.3 Å². The van der Waals surface area contributed by atoms with E-state index in [1.807, 2.05) is 73.7 Å². The summed E-state index contributed by atoms with van der Waals surface area (Å²) in [4.78, 5) is 16.1. The van der Waals surface area contributed by atoms with E-state index in [0.29, 0.717) is 36.9 Å². The molecule has 1 fully saturated rings. The third kappa shape index (κ3) is 4.49. The van der Waals surface area contributed by atoms with Gasteiger partial charge in [-0.1, -0.05) is 66.7 Å². The summed E-state index contributed by atoms with van der Waals surface area (Å²) < 4.78 is 11.3. The second-order valence-electron chi connectivity index (χ2n) is 8.85. The molecular weight excluding hydrogens is 442 g/mol. The molecule has 2 aromatic heterocycles. The number of carboxylic acid groups (broad SMARTS) is 1. The summed E-state index contributed by atoms with van der Waals surface area (Å²) in [5.74, 6) is 1.11. The fourth-order valence-corrected chi connectivity index (χ4v) is 4.16. The first-order valence-electron chi connectivity index (χ1n) is 11.8. The number of aliphatic carboxylic acids is 1. The summed E-state index contributed by atoms with van der Waals surface area (Å²) in [6.45, 7) is 4.55. The third-order valence-electron chi connectivity index (χ3n) is 6.37. The van der Waals surface area contributed by atoms with Crippen molar-refractivity contribution in [2.75, 3.05) is 11.9 Å². The van der Waals surface area contributed by atoms with Crippen molar-refractivity contribution >= 4 is 17.5 Å². The van der Waals surface area contributed by atoms with Crippen molar-refractivity contribution in [2.45, 2.75) is 38.5 Å². The number of aromatic nitrogens is 2. The molecule has 2 heterocycles. The van der Waals surface area contributed by atoms with Crippen molar-refractivity contribution in [1.29, 1.82) is 0 Å². The molecule has 0 saturated heterocycles. The van der Waals surface area contributed by atoms with Crippen LogP contribution in [0.2, 0.25) is 0 Å². The Kier molecular flexibility index (Phi) is 5.99. The smallest absolute Gasteiger partial charge is 0.314 e. The van der Waals surface area contributed by atoms with E-state index in [-0.39, 0.29) is 0 Å². The molecule has 0 unspecified atom stereocenters. The molecule has 1 aliphatic carbocycles. The maximum Gasteiger partial charge on any atom is 0.314 e. The van der Waals surface area contributed by atoms with Crippen LogP contribution < -0.4 is 10.1 Å². The number of nitrogens with one attached hydrogen (secondary N) is 1. The van der Waals surface area contributed by atoms with Crippen molar-refractivity contribution < 1.29 is 19.2 Å². The third-order valence-corrected chi connectivity index (χ3v) is 6.37. The number of hydrogen-bond donors (Lipinski definition) is 2. The number of carbonyl (C=O) groups is 1. The Bertz CT molecular complexity index is 1340. The van der Waals surface area contributed by atoms with Gasteiger partial charge in [0, 0.05) is 11.6 Å². The first-order chi connectivity index (χ1) is 17.0. The average molecular weight is 470 g/mol. The number of aryl methyl sites for hydroxylation is 1. The Balaban J connectivity index is 1.35. The number of anilines is 2. The van der Waals surface area contributed by atoms with Crippen molar-refractivity contribution in [1.82, 2.24) is 10.1 Å². The zero-order valence-electron chi connectivity index (χ0n) is 19.7. The van der Waals surface area contributed by atoms with E-state index >= 15 is 0 Å². The lowest BCUT2D eigenvalue weighted by molar-refractivity contribution is -0.140. The quantitative estimate of drug-likeness (QED) is 0.294. The predicted octanol–water partition coefficient (Wildman–Crippen LogP) is 6.36. The van der Waals surface area contributed by atoms with Gasteiger partial charge in [0.2, 0.25) is 5.88 Å². The highest BCUT2D eigenvalue weighted by molar-refractivity contribution is 5.85. The number of nitrogens with zero attached hydrogens (tertiary/aromatic N) is 2. The standard InChI is InChI=1S/C28H27N3O4/c1-3-17-34-24-6-4-5-23(29-24)30-25-18(2)31-35-26(25)21-9-7-19(8-10-21)20-11-13-22(14-12-20)28(15-16-28)27(32)33/h4-14H,3,15-17H2,1-2H3,(H,29,30)(H,32,33). The second-order valence-corrected chi connectivity index (χ2v) is 8.85. The lowest BCUT2D eigenvalue weighted by Gasteiger charge is -2.11. The Morgan fingerprint density at radius 2 is 1.69 bits per heavy atom. The molecule has 4 aromatic rings. The number of hydrogen-bond acceptors (Lipinski definition) is 6. The maximum atomic E-state index is 11.6. The van der Waals surface area contributed by atoms with Gasteiger partial charge in [-0.3, -0.25) is 4.79 Å². The number of rotatable bonds is 9. The minimum absolute atomic E-state index is 0.568. The fraction of sp³-hybridized carbons (Fsp3) is 0.250. The van der Waals surface area contributed by atoms with Crippen LogP contribution in [0.3, 0.4) is 0 Å². The molecule has 5 rings (SSSR count). The highest BCUT2D eigenvalue weighted by atomic mass is 16.5. The van der Waals surface area contributed by atoms with Gasteiger partial charge in [0.15, 0.2) is 5.76 Å². The van der Waals surface area contributed by atoms with Crippen LogP contribution in [0.5, 0.6) is 5.88 Å². The summed E-state index contributed by atoms with van der Waals surface area (Å²) >= 11 is 0. The predicted molar refractivity (Wildman–Crippen MR) is 134 cm³/mol. The minimum atomic E-state index is -0.739. The fourth-order valence-electron chi connectivity index (χ4n) is 4.16. The van der Waals surface area contributed by atoms with Crippen molar-refractivity contribution in [2.24, 2.45) is 0 Å². The Hall–Kier alpha value is -4.13. The molecule has 0 amide bonds. The van der Waals surface area contributed by atoms with Crippen LogP contribution in [0.15, 0.2) is 71.3 Å². The van der Waals surface area contributed by atoms with Crippen molar-refractivity contribution in [3.05, 3.63) is 78.0 Å². The van der Waals surface area contributed by atoms with Crippen LogP contribution in [-0.2, 0) is 10.2 Å². The van der Waals surface area contributed by atoms with E-state index in [1.54, 1.807) is 0 Å². The summed E-state index contributed by atoms with van der Waals surface area (Å²) in [6, 6.07) is 21.4. The zero-order valence-corrected chi connectivity index (χ0v) is 19.7. The second kappa shape index (κ2) is 9.25. The van der Waals surface area contributed by atoms with Crippen LogP contribution in [-0.4, -0.2) is 27.8 Å². The van der Waals surface area contributed by atoms with Gasteiger partial charge in [-0.15, -0.1) is 0 Å². The molecule has 7 heteroatoms.